The summed E-state index contributed by atoms with van der Waals surface area (Å²) >= 11 is 3.39. The zero-order valence-electron chi connectivity index (χ0n) is 13.8. The maximum absolute atomic E-state index is 13.0. The summed E-state index contributed by atoms with van der Waals surface area (Å²) in [4.78, 5) is 16.3. The molecule has 25 heavy (non-hydrogen) atoms. The van der Waals surface area contributed by atoms with E-state index in [-0.39, 0.29) is 11.7 Å². The number of amides is 1. The second kappa shape index (κ2) is 8.34. The predicted molar refractivity (Wildman–Crippen MR) is 99.4 cm³/mol. The van der Waals surface area contributed by atoms with Gasteiger partial charge in [0.15, 0.2) is 0 Å². The van der Waals surface area contributed by atoms with Gasteiger partial charge in [-0.1, -0.05) is 22.0 Å². The van der Waals surface area contributed by atoms with E-state index in [1.807, 2.05) is 29.2 Å². The number of nitrogens with zero attached hydrogens (tertiary/aromatic N) is 2. The van der Waals surface area contributed by atoms with Gasteiger partial charge in [0.2, 0.25) is 5.91 Å². The summed E-state index contributed by atoms with van der Waals surface area (Å²) in [5.74, 6) is 0.625. The van der Waals surface area contributed by atoms with Gasteiger partial charge in [-0.15, -0.1) is 0 Å². The van der Waals surface area contributed by atoms with Crippen LogP contribution in [0.3, 0.4) is 0 Å². The van der Waals surface area contributed by atoms with Gasteiger partial charge >= 0.3 is 0 Å². The van der Waals surface area contributed by atoms with E-state index >= 15 is 0 Å². The molecule has 0 saturated carbocycles. The number of benzene rings is 2. The van der Waals surface area contributed by atoms with E-state index in [2.05, 4.69) is 20.8 Å². The van der Waals surface area contributed by atoms with E-state index < -0.39 is 0 Å². The molecule has 6 heteroatoms. The molecule has 3 rings (SSSR count). The van der Waals surface area contributed by atoms with Gasteiger partial charge in [0.05, 0.1) is 13.0 Å². The molecule has 0 atom stereocenters. The van der Waals surface area contributed by atoms with E-state index in [1.54, 1.807) is 12.1 Å². The number of hydrogen-bond acceptors (Lipinski definition) is 3. The lowest BCUT2D eigenvalue weighted by atomic mass is 10.2. The van der Waals surface area contributed by atoms with Gasteiger partial charge in [0.25, 0.3) is 0 Å². The summed E-state index contributed by atoms with van der Waals surface area (Å²) < 4.78 is 19.6. The zero-order valence-corrected chi connectivity index (χ0v) is 15.4. The lowest BCUT2D eigenvalue weighted by Crippen LogP contribution is -2.49. The minimum Gasteiger partial charge on any atom is -0.493 e. The maximum Gasteiger partial charge on any atom is 0.226 e. The average Bonchev–Trinajstić information content (AvgIpc) is 2.62. The van der Waals surface area contributed by atoms with Crippen LogP contribution >= 0.6 is 15.9 Å². The summed E-state index contributed by atoms with van der Waals surface area (Å²) in [6, 6.07) is 14.1. The van der Waals surface area contributed by atoms with Gasteiger partial charge in [-0.3, -0.25) is 4.79 Å². The molecule has 0 radical (unpaired) electrons. The molecule has 132 valence electrons. The lowest BCUT2D eigenvalue weighted by molar-refractivity contribution is -0.132. The van der Waals surface area contributed by atoms with Crippen LogP contribution < -0.4 is 9.64 Å². The topological polar surface area (TPSA) is 32.8 Å². The van der Waals surface area contributed by atoms with Crippen molar-refractivity contribution in [2.24, 2.45) is 0 Å². The molecule has 1 amide bonds. The highest BCUT2D eigenvalue weighted by Crippen LogP contribution is 2.19. The molecule has 1 saturated heterocycles. The molecular weight excluding hydrogens is 387 g/mol. The monoisotopic (exact) mass is 406 g/mol. The van der Waals surface area contributed by atoms with Gasteiger partial charge in [0.1, 0.15) is 11.6 Å². The number of carbonyl (C=O) groups is 1. The molecule has 0 bridgehead atoms. The van der Waals surface area contributed by atoms with Crippen molar-refractivity contribution < 1.29 is 13.9 Å². The van der Waals surface area contributed by atoms with E-state index in [0.717, 1.165) is 29.0 Å². The van der Waals surface area contributed by atoms with E-state index in [0.29, 0.717) is 26.1 Å². The highest BCUT2D eigenvalue weighted by molar-refractivity contribution is 9.10. The van der Waals surface area contributed by atoms with Crippen LogP contribution in [-0.2, 0) is 4.79 Å². The molecule has 4 nitrogen and oxygen atoms in total. The van der Waals surface area contributed by atoms with Gasteiger partial charge < -0.3 is 14.5 Å². The molecule has 0 unspecified atom stereocenters. The largest absolute Gasteiger partial charge is 0.493 e. The van der Waals surface area contributed by atoms with Crippen molar-refractivity contribution in [3.8, 4) is 5.75 Å². The molecule has 0 N–H and O–H groups in total. The van der Waals surface area contributed by atoms with Gasteiger partial charge in [-0.2, -0.15) is 0 Å². The van der Waals surface area contributed by atoms with Crippen LogP contribution in [0.15, 0.2) is 53.0 Å². The Morgan fingerprint density at radius 1 is 1.08 bits per heavy atom. The van der Waals surface area contributed by atoms with Crippen molar-refractivity contribution in [3.63, 3.8) is 0 Å². The van der Waals surface area contributed by atoms with Crippen LogP contribution in [0.4, 0.5) is 10.1 Å². The normalized spacial score (nSPS) is 14.5. The SMILES string of the molecule is O=C(CCOc1cccc(Br)c1)N1CCN(c2ccc(F)cc2)CC1. The smallest absolute Gasteiger partial charge is 0.226 e. The predicted octanol–water partition coefficient (Wildman–Crippen LogP) is 3.71. The third kappa shape index (κ3) is 4.95. The first-order valence-corrected chi connectivity index (χ1v) is 9.08. The van der Waals surface area contributed by atoms with Crippen molar-refractivity contribution in [3.05, 3.63) is 58.8 Å². The van der Waals surface area contributed by atoms with E-state index in [1.165, 1.54) is 12.1 Å². The Balaban J connectivity index is 1.43. The molecule has 2 aromatic rings. The second-order valence-electron chi connectivity index (χ2n) is 5.90. The fourth-order valence-corrected chi connectivity index (χ4v) is 3.22. The van der Waals surface area contributed by atoms with Crippen LogP contribution in [0, 0.1) is 5.82 Å². The Labute approximate surface area is 155 Å². The molecule has 0 aliphatic carbocycles. The zero-order chi connectivity index (χ0) is 17.6. The average molecular weight is 407 g/mol. The third-order valence-electron chi connectivity index (χ3n) is 4.20. The highest BCUT2D eigenvalue weighted by Gasteiger charge is 2.21. The minimum absolute atomic E-state index is 0.105. The van der Waals surface area contributed by atoms with Crippen LogP contribution in [0.2, 0.25) is 0 Å². The van der Waals surface area contributed by atoms with Crippen LogP contribution in [0.5, 0.6) is 5.75 Å². The number of anilines is 1. The van der Waals surface area contributed by atoms with Gasteiger partial charge in [-0.25, -0.2) is 4.39 Å². The molecular formula is C19H20BrFN2O2. The standard InChI is InChI=1S/C19H20BrFN2O2/c20-15-2-1-3-18(14-15)25-13-8-19(24)23-11-9-22(10-12-23)17-6-4-16(21)5-7-17/h1-7,14H,8-13H2. The number of piperazine rings is 1. The first-order valence-electron chi connectivity index (χ1n) is 8.28. The van der Waals surface area contributed by atoms with Crippen molar-refractivity contribution in [2.45, 2.75) is 6.42 Å². The van der Waals surface area contributed by atoms with Crippen LogP contribution in [0.1, 0.15) is 6.42 Å². The number of hydrogen-bond donors (Lipinski definition) is 0. The first-order chi connectivity index (χ1) is 12.1. The fraction of sp³-hybridized carbons (Fsp3) is 0.316. The summed E-state index contributed by atoms with van der Waals surface area (Å²) in [6.07, 6.45) is 0.364. The molecule has 1 aliphatic rings. The number of ether oxygens (including phenoxy) is 1. The van der Waals surface area contributed by atoms with Gasteiger partial charge in [-0.05, 0) is 42.5 Å². The van der Waals surface area contributed by atoms with E-state index in [9.17, 15) is 9.18 Å². The summed E-state index contributed by atoms with van der Waals surface area (Å²) in [6.45, 7) is 3.22. The first kappa shape index (κ1) is 17.7. The van der Waals surface area contributed by atoms with Crippen LogP contribution in [0.25, 0.3) is 0 Å². The Morgan fingerprint density at radius 2 is 1.80 bits per heavy atom. The van der Waals surface area contributed by atoms with Crippen molar-refractivity contribution in [1.29, 1.82) is 0 Å². The number of halogens is 2. The lowest BCUT2D eigenvalue weighted by Gasteiger charge is -2.36. The Morgan fingerprint density at radius 3 is 2.48 bits per heavy atom. The van der Waals surface area contributed by atoms with Crippen molar-refractivity contribution in [2.75, 3.05) is 37.7 Å². The fourth-order valence-electron chi connectivity index (χ4n) is 2.84. The Kier molecular flexibility index (Phi) is 5.91. The van der Waals surface area contributed by atoms with Crippen LogP contribution in [-0.4, -0.2) is 43.6 Å². The Hall–Kier alpha value is -2.08. The second-order valence-corrected chi connectivity index (χ2v) is 6.82. The number of carbonyl (C=O) groups excluding carboxylic acids is 1. The molecule has 0 aromatic heterocycles. The highest BCUT2D eigenvalue weighted by atomic mass is 79.9. The molecule has 1 heterocycles. The maximum atomic E-state index is 13.0. The number of rotatable bonds is 5. The molecule has 1 fully saturated rings. The molecule has 1 aliphatic heterocycles. The third-order valence-corrected chi connectivity index (χ3v) is 4.70. The summed E-state index contributed by atoms with van der Waals surface area (Å²) in [5.41, 5.74) is 0.992. The van der Waals surface area contributed by atoms with E-state index in [4.69, 9.17) is 4.74 Å². The Bertz CT molecular complexity index is 716. The van der Waals surface area contributed by atoms with Gasteiger partial charge in [0, 0.05) is 36.3 Å². The summed E-state index contributed by atoms with van der Waals surface area (Å²) in [5, 5.41) is 0. The minimum atomic E-state index is -0.233. The molecule has 0 spiro atoms. The van der Waals surface area contributed by atoms with Crippen molar-refractivity contribution in [1.82, 2.24) is 4.90 Å². The molecule has 2 aromatic carbocycles. The summed E-state index contributed by atoms with van der Waals surface area (Å²) in [7, 11) is 0. The van der Waals surface area contributed by atoms with Crippen molar-refractivity contribution >= 4 is 27.5 Å². The quantitative estimate of drug-likeness (QED) is 0.758.